The zero-order valence-electron chi connectivity index (χ0n) is 14.7. The highest BCUT2D eigenvalue weighted by atomic mass is 16.5. The van der Waals surface area contributed by atoms with Crippen LogP contribution >= 0.6 is 0 Å². The third kappa shape index (κ3) is 3.13. The van der Waals surface area contributed by atoms with E-state index in [4.69, 9.17) is 4.74 Å². The second-order valence-electron chi connectivity index (χ2n) is 7.48. The average molecular weight is 321 g/mol. The summed E-state index contributed by atoms with van der Waals surface area (Å²) in [5.41, 5.74) is 3.82. The smallest absolute Gasteiger partial charge is 0.108 e. The SMILES string of the molecule is Cc1cccc(C(OC2C[C@H]3CC[C@@H](C2)N3C)c2ccccc2)c1. The third-order valence-electron chi connectivity index (χ3n) is 5.83. The summed E-state index contributed by atoms with van der Waals surface area (Å²) in [5, 5.41) is 0. The molecule has 2 unspecified atom stereocenters. The zero-order valence-corrected chi connectivity index (χ0v) is 14.7. The molecule has 2 fully saturated rings. The fourth-order valence-electron chi connectivity index (χ4n) is 4.48. The summed E-state index contributed by atoms with van der Waals surface area (Å²) in [6, 6.07) is 20.9. The Bertz CT molecular complexity index is 669. The standard InChI is InChI=1S/C22H27NO/c1-16-7-6-10-18(13-16)22(17-8-4-3-5-9-17)24-21-14-19-11-12-20(15-21)23(19)2/h3-10,13,19-22H,11-12,14-15H2,1-2H3/t19-,20+,21?,22?. The van der Waals surface area contributed by atoms with Crippen molar-refractivity contribution in [1.29, 1.82) is 0 Å². The lowest BCUT2D eigenvalue weighted by Crippen LogP contribution is -2.43. The molecule has 0 aromatic heterocycles. The molecule has 2 aliphatic rings. The lowest BCUT2D eigenvalue weighted by atomic mass is 9.97. The minimum absolute atomic E-state index is 0.0407. The number of ether oxygens (including phenoxy) is 1. The molecule has 4 rings (SSSR count). The van der Waals surface area contributed by atoms with E-state index in [1.54, 1.807) is 0 Å². The van der Waals surface area contributed by atoms with E-state index in [1.165, 1.54) is 42.4 Å². The van der Waals surface area contributed by atoms with Crippen LogP contribution in [0.15, 0.2) is 54.6 Å². The number of piperidine rings is 1. The van der Waals surface area contributed by atoms with Gasteiger partial charge in [-0.3, -0.25) is 0 Å². The Hall–Kier alpha value is -1.64. The molecule has 2 saturated heterocycles. The van der Waals surface area contributed by atoms with E-state index >= 15 is 0 Å². The summed E-state index contributed by atoms with van der Waals surface area (Å²) < 4.78 is 6.72. The third-order valence-corrected chi connectivity index (χ3v) is 5.83. The maximum atomic E-state index is 6.72. The van der Waals surface area contributed by atoms with E-state index in [0.29, 0.717) is 18.2 Å². The summed E-state index contributed by atoms with van der Waals surface area (Å²) in [4.78, 5) is 2.57. The van der Waals surface area contributed by atoms with Gasteiger partial charge in [-0.05, 0) is 50.8 Å². The van der Waals surface area contributed by atoms with Gasteiger partial charge < -0.3 is 9.64 Å². The average Bonchev–Trinajstić information content (AvgIpc) is 2.82. The molecule has 0 amide bonds. The molecule has 0 spiro atoms. The Balaban J connectivity index is 1.59. The molecule has 0 aliphatic carbocycles. The molecule has 0 radical (unpaired) electrons. The first kappa shape index (κ1) is 15.9. The topological polar surface area (TPSA) is 12.5 Å². The van der Waals surface area contributed by atoms with E-state index in [1.807, 2.05) is 0 Å². The van der Waals surface area contributed by atoms with E-state index in [-0.39, 0.29) is 6.10 Å². The summed E-state index contributed by atoms with van der Waals surface area (Å²) >= 11 is 0. The summed E-state index contributed by atoms with van der Waals surface area (Å²) in [6.45, 7) is 2.15. The number of fused-ring (bicyclic) bond motifs is 2. The van der Waals surface area contributed by atoms with Crippen LogP contribution in [-0.4, -0.2) is 30.1 Å². The lowest BCUT2D eigenvalue weighted by Gasteiger charge is -2.38. The van der Waals surface area contributed by atoms with Gasteiger partial charge in [-0.2, -0.15) is 0 Å². The highest BCUT2D eigenvalue weighted by Crippen LogP contribution is 2.38. The minimum atomic E-state index is 0.0407. The van der Waals surface area contributed by atoms with E-state index in [9.17, 15) is 0 Å². The van der Waals surface area contributed by atoms with Crippen molar-refractivity contribution >= 4 is 0 Å². The second kappa shape index (κ2) is 6.70. The molecule has 0 N–H and O–H groups in total. The molecule has 126 valence electrons. The Kier molecular flexibility index (Phi) is 4.43. The number of rotatable bonds is 4. The van der Waals surface area contributed by atoms with Crippen LogP contribution in [0.25, 0.3) is 0 Å². The molecule has 2 heteroatoms. The molecule has 2 aliphatic heterocycles. The molecule has 2 nitrogen and oxygen atoms in total. The molecule has 24 heavy (non-hydrogen) atoms. The Morgan fingerprint density at radius 2 is 1.58 bits per heavy atom. The minimum Gasteiger partial charge on any atom is -0.365 e. The molecule has 2 bridgehead atoms. The van der Waals surface area contributed by atoms with Gasteiger partial charge in [0.1, 0.15) is 6.10 Å². The zero-order chi connectivity index (χ0) is 16.5. The van der Waals surface area contributed by atoms with Crippen molar-refractivity contribution in [3.63, 3.8) is 0 Å². The van der Waals surface area contributed by atoms with E-state index in [2.05, 4.69) is 73.5 Å². The maximum Gasteiger partial charge on any atom is 0.108 e. The number of hydrogen-bond acceptors (Lipinski definition) is 2. The first-order valence-corrected chi connectivity index (χ1v) is 9.19. The van der Waals surface area contributed by atoms with Gasteiger partial charge in [-0.15, -0.1) is 0 Å². The predicted molar refractivity (Wildman–Crippen MR) is 98.1 cm³/mol. The van der Waals surface area contributed by atoms with Gasteiger partial charge in [0.2, 0.25) is 0 Å². The van der Waals surface area contributed by atoms with Crippen LogP contribution in [0, 0.1) is 6.92 Å². The van der Waals surface area contributed by atoms with Gasteiger partial charge in [0.15, 0.2) is 0 Å². The maximum absolute atomic E-state index is 6.72. The summed E-state index contributed by atoms with van der Waals surface area (Å²) in [7, 11) is 2.29. The van der Waals surface area contributed by atoms with Crippen LogP contribution in [0.5, 0.6) is 0 Å². The van der Waals surface area contributed by atoms with E-state index in [0.717, 1.165) is 0 Å². The van der Waals surface area contributed by atoms with Gasteiger partial charge in [0.05, 0.1) is 6.10 Å². The molecule has 2 aromatic carbocycles. The van der Waals surface area contributed by atoms with Gasteiger partial charge in [-0.25, -0.2) is 0 Å². The summed E-state index contributed by atoms with van der Waals surface area (Å²) in [5.74, 6) is 0. The molecule has 2 aromatic rings. The second-order valence-corrected chi connectivity index (χ2v) is 7.48. The molecular weight excluding hydrogens is 294 g/mol. The van der Waals surface area contributed by atoms with Crippen molar-refractivity contribution in [2.75, 3.05) is 7.05 Å². The van der Waals surface area contributed by atoms with Crippen LogP contribution < -0.4 is 0 Å². The fourth-order valence-corrected chi connectivity index (χ4v) is 4.48. The summed E-state index contributed by atoms with van der Waals surface area (Å²) in [6.07, 6.45) is 5.41. The van der Waals surface area contributed by atoms with Gasteiger partial charge >= 0.3 is 0 Å². The number of hydrogen-bond donors (Lipinski definition) is 0. The van der Waals surface area contributed by atoms with Crippen LogP contribution in [0.1, 0.15) is 48.5 Å². The van der Waals surface area contributed by atoms with Gasteiger partial charge in [0, 0.05) is 12.1 Å². The fraction of sp³-hybridized carbons (Fsp3) is 0.455. The molecule has 0 saturated carbocycles. The quantitative estimate of drug-likeness (QED) is 0.807. The lowest BCUT2D eigenvalue weighted by molar-refractivity contribution is -0.0426. The largest absolute Gasteiger partial charge is 0.365 e. The Morgan fingerprint density at radius 1 is 0.917 bits per heavy atom. The van der Waals surface area contributed by atoms with Crippen molar-refractivity contribution in [2.24, 2.45) is 0 Å². The molecule has 4 atom stereocenters. The van der Waals surface area contributed by atoms with Crippen LogP contribution in [-0.2, 0) is 4.74 Å². The Morgan fingerprint density at radius 3 is 2.25 bits per heavy atom. The van der Waals surface area contributed by atoms with Crippen molar-refractivity contribution in [3.8, 4) is 0 Å². The highest BCUT2D eigenvalue weighted by Gasteiger charge is 2.39. The van der Waals surface area contributed by atoms with Crippen LogP contribution in [0.3, 0.4) is 0 Å². The normalized spacial score (nSPS) is 28.0. The van der Waals surface area contributed by atoms with Crippen LogP contribution in [0.4, 0.5) is 0 Å². The molecule has 2 heterocycles. The van der Waals surface area contributed by atoms with E-state index < -0.39 is 0 Å². The van der Waals surface area contributed by atoms with Crippen molar-refractivity contribution in [1.82, 2.24) is 4.90 Å². The number of aryl methyl sites for hydroxylation is 1. The number of nitrogens with zero attached hydrogens (tertiary/aromatic N) is 1. The van der Waals surface area contributed by atoms with Crippen LogP contribution in [0.2, 0.25) is 0 Å². The Labute approximate surface area is 145 Å². The van der Waals surface area contributed by atoms with Crippen molar-refractivity contribution < 1.29 is 4.74 Å². The van der Waals surface area contributed by atoms with Crippen molar-refractivity contribution in [2.45, 2.75) is 56.9 Å². The van der Waals surface area contributed by atoms with Gasteiger partial charge in [0.25, 0.3) is 0 Å². The first-order chi connectivity index (χ1) is 11.7. The first-order valence-electron chi connectivity index (χ1n) is 9.19. The number of benzene rings is 2. The highest BCUT2D eigenvalue weighted by molar-refractivity contribution is 5.32. The predicted octanol–water partition coefficient (Wildman–Crippen LogP) is 4.73. The monoisotopic (exact) mass is 321 g/mol. The molecular formula is C22H27NO. The van der Waals surface area contributed by atoms with Crippen molar-refractivity contribution in [3.05, 3.63) is 71.3 Å². The van der Waals surface area contributed by atoms with Gasteiger partial charge in [-0.1, -0.05) is 60.2 Å².